The Hall–Kier alpha value is -0.800. The maximum atomic E-state index is 6.19. The molecule has 2 aromatic rings. The van der Waals surface area contributed by atoms with E-state index in [1.54, 1.807) is 24.5 Å². The molecule has 2 nitrogen and oxygen atoms in total. The molecule has 94 valence electrons. The van der Waals surface area contributed by atoms with Crippen LogP contribution in [-0.4, -0.2) is 12.0 Å². The van der Waals surface area contributed by atoms with Crippen LogP contribution in [0.2, 0.25) is 15.1 Å². The monoisotopic (exact) mass is 300 g/mol. The zero-order valence-corrected chi connectivity index (χ0v) is 11.9. The van der Waals surface area contributed by atoms with E-state index in [0.29, 0.717) is 15.1 Å². The minimum atomic E-state index is 0.521. The van der Waals surface area contributed by atoms with Crippen molar-refractivity contribution in [2.45, 2.75) is 6.54 Å². The zero-order valence-electron chi connectivity index (χ0n) is 9.67. The predicted octanol–water partition coefficient (Wildman–Crippen LogP) is 4.43. The van der Waals surface area contributed by atoms with Crippen LogP contribution in [0.4, 0.5) is 0 Å². The van der Waals surface area contributed by atoms with E-state index in [1.807, 2.05) is 13.1 Å². The summed E-state index contributed by atoms with van der Waals surface area (Å²) < 4.78 is 0. The Morgan fingerprint density at radius 1 is 1.06 bits per heavy atom. The predicted molar refractivity (Wildman–Crippen MR) is 77.5 cm³/mol. The third-order valence-corrected chi connectivity index (χ3v) is 3.29. The molecule has 1 N–H and O–H groups in total. The van der Waals surface area contributed by atoms with Gasteiger partial charge in [0.15, 0.2) is 0 Å². The number of hydrogen-bond acceptors (Lipinski definition) is 2. The van der Waals surface area contributed by atoms with Crippen molar-refractivity contribution in [1.29, 1.82) is 0 Å². The van der Waals surface area contributed by atoms with Crippen molar-refractivity contribution in [3.8, 4) is 11.1 Å². The zero-order chi connectivity index (χ0) is 13.1. The number of halogens is 3. The van der Waals surface area contributed by atoms with E-state index in [1.165, 1.54) is 0 Å². The van der Waals surface area contributed by atoms with E-state index in [0.717, 1.165) is 23.2 Å². The molecule has 0 aliphatic heterocycles. The first-order valence-corrected chi connectivity index (χ1v) is 6.48. The molecule has 1 heterocycles. The fourth-order valence-electron chi connectivity index (χ4n) is 1.74. The lowest BCUT2D eigenvalue weighted by molar-refractivity contribution is 0.813. The number of rotatable bonds is 3. The van der Waals surface area contributed by atoms with Crippen LogP contribution in [0.1, 0.15) is 5.56 Å². The molecule has 0 aliphatic rings. The minimum Gasteiger partial charge on any atom is -0.316 e. The van der Waals surface area contributed by atoms with Crippen molar-refractivity contribution < 1.29 is 0 Å². The standard InChI is InChI=1S/C13H11Cl3N2/c1-17-5-8-2-9(7-18-6-8)13-11(15)3-10(14)4-12(13)16/h2-4,6-7,17H,5H2,1H3. The Balaban J connectivity index is 2.51. The first-order valence-electron chi connectivity index (χ1n) is 5.35. The van der Waals surface area contributed by atoms with Crippen LogP contribution in [0.5, 0.6) is 0 Å². The van der Waals surface area contributed by atoms with Gasteiger partial charge in [0.25, 0.3) is 0 Å². The van der Waals surface area contributed by atoms with E-state index in [2.05, 4.69) is 10.3 Å². The molecule has 2 rings (SSSR count). The second-order valence-corrected chi connectivity index (χ2v) is 5.11. The highest BCUT2D eigenvalue weighted by Crippen LogP contribution is 2.37. The van der Waals surface area contributed by atoms with Crippen LogP contribution in [0.3, 0.4) is 0 Å². The number of hydrogen-bond donors (Lipinski definition) is 1. The van der Waals surface area contributed by atoms with Crippen LogP contribution in [0.15, 0.2) is 30.6 Å². The minimum absolute atomic E-state index is 0.521. The molecular weight excluding hydrogens is 291 g/mol. The number of pyridine rings is 1. The highest BCUT2D eigenvalue weighted by Gasteiger charge is 2.11. The second-order valence-electron chi connectivity index (χ2n) is 3.86. The molecule has 0 radical (unpaired) electrons. The number of benzene rings is 1. The topological polar surface area (TPSA) is 24.9 Å². The summed E-state index contributed by atoms with van der Waals surface area (Å²) in [6, 6.07) is 5.36. The molecule has 1 aromatic heterocycles. The Kier molecular flexibility index (Phi) is 4.46. The van der Waals surface area contributed by atoms with Gasteiger partial charge in [-0.25, -0.2) is 0 Å². The Labute approximate surface area is 121 Å². The maximum Gasteiger partial charge on any atom is 0.0514 e. The molecule has 5 heteroatoms. The van der Waals surface area contributed by atoms with Gasteiger partial charge in [-0.2, -0.15) is 0 Å². The molecule has 0 saturated carbocycles. The summed E-state index contributed by atoms with van der Waals surface area (Å²) in [5, 5.41) is 4.64. The molecule has 1 aromatic carbocycles. The summed E-state index contributed by atoms with van der Waals surface area (Å²) in [6.07, 6.45) is 3.54. The number of aromatic nitrogens is 1. The smallest absolute Gasteiger partial charge is 0.0514 e. The molecule has 18 heavy (non-hydrogen) atoms. The molecule has 0 fully saturated rings. The van der Waals surface area contributed by atoms with E-state index in [4.69, 9.17) is 34.8 Å². The van der Waals surface area contributed by atoms with Gasteiger partial charge < -0.3 is 5.32 Å². The lowest BCUT2D eigenvalue weighted by atomic mass is 10.1. The van der Waals surface area contributed by atoms with Crippen LogP contribution >= 0.6 is 34.8 Å². The van der Waals surface area contributed by atoms with Gasteiger partial charge in [-0.15, -0.1) is 0 Å². The van der Waals surface area contributed by atoms with Crippen molar-refractivity contribution in [2.24, 2.45) is 0 Å². The summed E-state index contributed by atoms with van der Waals surface area (Å²) in [6.45, 7) is 0.740. The average molecular weight is 302 g/mol. The average Bonchev–Trinajstić information content (AvgIpc) is 2.28. The van der Waals surface area contributed by atoms with Crippen molar-refractivity contribution in [1.82, 2.24) is 10.3 Å². The van der Waals surface area contributed by atoms with Gasteiger partial charge in [0.1, 0.15) is 0 Å². The summed E-state index contributed by atoms with van der Waals surface area (Å²) in [5.74, 6) is 0. The lowest BCUT2D eigenvalue weighted by Crippen LogP contribution is -2.05. The van der Waals surface area contributed by atoms with Crippen LogP contribution in [-0.2, 0) is 6.54 Å². The Morgan fingerprint density at radius 2 is 1.72 bits per heavy atom. The van der Waals surface area contributed by atoms with Gasteiger partial charge in [0.05, 0.1) is 10.0 Å². The third-order valence-electron chi connectivity index (χ3n) is 2.47. The fraction of sp³-hybridized carbons (Fsp3) is 0.154. The number of nitrogens with one attached hydrogen (secondary N) is 1. The summed E-state index contributed by atoms with van der Waals surface area (Å²) in [5.41, 5.74) is 2.71. The second kappa shape index (κ2) is 5.89. The first kappa shape index (κ1) is 13.6. The normalized spacial score (nSPS) is 10.7. The van der Waals surface area contributed by atoms with E-state index < -0.39 is 0 Å². The highest BCUT2D eigenvalue weighted by molar-refractivity contribution is 6.41. The molecule has 0 spiro atoms. The summed E-state index contributed by atoms with van der Waals surface area (Å²) in [4.78, 5) is 4.19. The van der Waals surface area contributed by atoms with Gasteiger partial charge in [0, 0.05) is 35.1 Å². The van der Waals surface area contributed by atoms with Crippen LogP contribution < -0.4 is 5.32 Å². The quantitative estimate of drug-likeness (QED) is 0.907. The van der Waals surface area contributed by atoms with Crippen LogP contribution in [0.25, 0.3) is 11.1 Å². The molecule has 0 unspecified atom stereocenters. The van der Waals surface area contributed by atoms with Gasteiger partial charge in [-0.3, -0.25) is 4.98 Å². The van der Waals surface area contributed by atoms with Gasteiger partial charge in [-0.1, -0.05) is 34.8 Å². The highest BCUT2D eigenvalue weighted by atomic mass is 35.5. The molecule has 0 saturated heterocycles. The fourth-order valence-corrected chi connectivity index (χ4v) is 2.78. The van der Waals surface area contributed by atoms with Gasteiger partial charge in [-0.05, 0) is 30.8 Å². The number of nitrogens with zero attached hydrogens (tertiary/aromatic N) is 1. The molecule has 0 bridgehead atoms. The van der Waals surface area contributed by atoms with Crippen molar-refractivity contribution in [3.05, 3.63) is 51.2 Å². The van der Waals surface area contributed by atoms with Crippen molar-refractivity contribution >= 4 is 34.8 Å². The Bertz CT molecular complexity index is 547. The van der Waals surface area contributed by atoms with Crippen molar-refractivity contribution in [3.63, 3.8) is 0 Å². The summed E-state index contributed by atoms with van der Waals surface area (Å²) in [7, 11) is 1.88. The maximum absolute atomic E-state index is 6.19. The van der Waals surface area contributed by atoms with Gasteiger partial charge in [0.2, 0.25) is 0 Å². The summed E-state index contributed by atoms with van der Waals surface area (Å²) >= 11 is 18.3. The SMILES string of the molecule is CNCc1cncc(-c2c(Cl)cc(Cl)cc2Cl)c1. The molecule has 0 aliphatic carbocycles. The Morgan fingerprint density at radius 3 is 2.33 bits per heavy atom. The first-order chi connectivity index (χ1) is 8.61. The third kappa shape index (κ3) is 2.96. The molecule has 0 amide bonds. The van der Waals surface area contributed by atoms with Crippen LogP contribution in [0, 0.1) is 0 Å². The lowest BCUT2D eigenvalue weighted by Gasteiger charge is -2.09. The largest absolute Gasteiger partial charge is 0.316 e. The van der Waals surface area contributed by atoms with E-state index in [-0.39, 0.29) is 0 Å². The van der Waals surface area contributed by atoms with Crippen molar-refractivity contribution in [2.75, 3.05) is 7.05 Å². The van der Waals surface area contributed by atoms with E-state index >= 15 is 0 Å². The molecule has 0 atom stereocenters. The van der Waals surface area contributed by atoms with Gasteiger partial charge >= 0.3 is 0 Å². The molecular formula is C13H11Cl3N2. The van der Waals surface area contributed by atoms with E-state index in [9.17, 15) is 0 Å².